The zero-order valence-electron chi connectivity index (χ0n) is 9.15. The molecule has 78 valence electrons. The molecule has 1 rings (SSSR count). The summed E-state index contributed by atoms with van der Waals surface area (Å²) >= 11 is 3.66. The Morgan fingerprint density at radius 1 is 1.31 bits per heavy atom. The van der Waals surface area contributed by atoms with Crippen LogP contribution in [0.25, 0.3) is 0 Å². The van der Waals surface area contributed by atoms with Crippen LogP contribution in [-0.4, -0.2) is 29.9 Å². The Labute approximate surface area is 91.0 Å². The van der Waals surface area contributed by atoms with E-state index in [9.17, 15) is 0 Å². The summed E-state index contributed by atoms with van der Waals surface area (Å²) in [5.74, 6) is 0. The molecule has 1 saturated carbocycles. The van der Waals surface area contributed by atoms with Gasteiger partial charge in [0.1, 0.15) is 0 Å². The van der Waals surface area contributed by atoms with E-state index >= 15 is 0 Å². The van der Waals surface area contributed by atoms with Crippen LogP contribution in [0.4, 0.5) is 0 Å². The monoisotopic (exact) mass is 247 g/mol. The topological polar surface area (TPSA) is 3.24 Å². The predicted octanol–water partition coefficient (Wildman–Crippen LogP) is 3.28. The Hall–Kier alpha value is 0.440. The lowest BCUT2D eigenvalue weighted by atomic mass is 9.84. The van der Waals surface area contributed by atoms with E-state index in [1.807, 2.05) is 0 Å². The van der Waals surface area contributed by atoms with Crippen LogP contribution in [0, 0.1) is 5.41 Å². The highest BCUT2D eigenvalue weighted by Crippen LogP contribution is 2.34. The summed E-state index contributed by atoms with van der Waals surface area (Å²) in [4.78, 5) is 2.55. The van der Waals surface area contributed by atoms with Crippen molar-refractivity contribution in [2.45, 2.75) is 45.6 Å². The number of rotatable bonds is 6. The second-order valence-electron chi connectivity index (χ2n) is 4.49. The summed E-state index contributed by atoms with van der Waals surface area (Å²) in [6, 6.07) is 0.900. The van der Waals surface area contributed by atoms with Gasteiger partial charge < -0.3 is 4.90 Å². The fraction of sp³-hybridized carbons (Fsp3) is 1.00. The molecular weight excluding hydrogens is 226 g/mol. The van der Waals surface area contributed by atoms with Crippen molar-refractivity contribution in [3.05, 3.63) is 0 Å². The summed E-state index contributed by atoms with van der Waals surface area (Å²) in [5, 5.41) is 1.14. The maximum Gasteiger partial charge on any atom is 0.01000 e. The van der Waals surface area contributed by atoms with Gasteiger partial charge in [-0.2, -0.15) is 0 Å². The van der Waals surface area contributed by atoms with Gasteiger partial charge in [0.05, 0.1) is 0 Å². The Kier molecular flexibility index (Phi) is 4.24. The third-order valence-electron chi connectivity index (χ3n) is 3.54. The minimum atomic E-state index is 0.511. The molecule has 0 aromatic rings. The molecular formula is C11H22BrN. The molecule has 0 N–H and O–H groups in total. The van der Waals surface area contributed by atoms with E-state index in [4.69, 9.17) is 0 Å². The molecule has 1 nitrogen and oxygen atoms in total. The van der Waals surface area contributed by atoms with Crippen molar-refractivity contribution >= 4 is 15.9 Å². The number of hydrogen-bond acceptors (Lipinski definition) is 1. The largest absolute Gasteiger partial charge is 0.303 e. The Balaban J connectivity index is 2.44. The van der Waals surface area contributed by atoms with Gasteiger partial charge in [-0.25, -0.2) is 0 Å². The number of halogens is 1. The maximum absolute atomic E-state index is 3.66. The Morgan fingerprint density at radius 2 is 1.85 bits per heavy atom. The molecule has 0 aromatic carbocycles. The smallest absolute Gasteiger partial charge is 0.01000 e. The van der Waals surface area contributed by atoms with Crippen LogP contribution in [0.5, 0.6) is 0 Å². The second kappa shape index (κ2) is 4.79. The second-order valence-corrected chi connectivity index (χ2v) is 5.05. The van der Waals surface area contributed by atoms with Crippen LogP contribution < -0.4 is 0 Å². The van der Waals surface area contributed by atoms with Crippen LogP contribution in [0.1, 0.15) is 39.5 Å². The molecule has 0 spiro atoms. The quantitative estimate of drug-likeness (QED) is 0.652. The van der Waals surface area contributed by atoms with Crippen molar-refractivity contribution in [3.63, 3.8) is 0 Å². The third-order valence-corrected chi connectivity index (χ3v) is 4.73. The van der Waals surface area contributed by atoms with Gasteiger partial charge in [0.2, 0.25) is 0 Å². The Bertz CT molecular complexity index is 142. The van der Waals surface area contributed by atoms with Gasteiger partial charge in [-0.05, 0) is 38.1 Å². The first-order valence-corrected chi connectivity index (χ1v) is 6.56. The highest BCUT2D eigenvalue weighted by molar-refractivity contribution is 9.09. The van der Waals surface area contributed by atoms with Gasteiger partial charge in [-0.1, -0.05) is 29.8 Å². The molecule has 0 amide bonds. The average molecular weight is 248 g/mol. The molecule has 1 aliphatic carbocycles. The highest BCUT2D eigenvalue weighted by atomic mass is 79.9. The molecule has 0 atom stereocenters. The lowest BCUT2D eigenvalue weighted by molar-refractivity contribution is 0.179. The molecule has 0 radical (unpaired) electrons. The predicted molar refractivity (Wildman–Crippen MR) is 62.5 cm³/mol. The summed E-state index contributed by atoms with van der Waals surface area (Å²) in [6.07, 6.45) is 5.40. The SMILES string of the molecule is CCC(CC)(CBr)CN(C)C1CC1. The van der Waals surface area contributed by atoms with E-state index < -0.39 is 0 Å². The van der Waals surface area contributed by atoms with Gasteiger partial charge in [0, 0.05) is 17.9 Å². The molecule has 0 bridgehead atoms. The molecule has 0 unspecified atom stereocenters. The van der Waals surface area contributed by atoms with Gasteiger partial charge >= 0.3 is 0 Å². The fourth-order valence-electron chi connectivity index (χ4n) is 1.88. The zero-order valence-corrected chi connectivity index (χ0v) is 10.7. The van der Waals surface area contributed by atoms with Crippen molar-refractivity contribution in [2.24, 2.45) is 5.41 Å². The van der Waals surface area contributed by atoms with E-state index in [1.54, 1.807) is 0 Å². The first-order valence-electron chi connectivity index (χ1n) is 5.43. The van der Waals surface area contributed by atoms with Crippen LogP contribution in [0.3, 0.4) is 0 Å². The first kappa shape index (κ1) is 11.5. The average Bonchev–Trinajstić information content (AvgIpc) is 2.97. The van der Waals surface area contributed by atoms with Crippen molar-refractivity contribution in [2.75, 3.05) is 18.9 Å². The summed E-state index contributed by atoms with van der Waals surface area (Å²) < 4.78 is 0. The first-order chi connectivity index (χ1) is 6.17. The fourth-order valence-corrected chi connectivity index (χ4v) is 2.85. The molecule has 0 aliphatic heterocycles. The summed E-state index contributed by atoms with van der Waals surface area (Å²) in [6.45, 7) is 5.88. The molecule has 1 aliphatic rings. The third kappa shape index (κ3) is 2.95. The molecule has 0 heterocycles. The molecule has 2 heteroatoms. The van der Waals surface area contributed by atoms with Gasteiger partial charge in [0.15, 0.2) is 0 Å². The van der Waals surface area contributed by atoms with E-state index in [0.717, 1.165) is 11.4 Å². The van der Waals surface area contributed by atoms with Crippen LogP contribution in [0.15, 0.2) is 0 Å². The van der Waals surface area contributed by atoms with Crippen LogP contribution in [-0.2, 0) is 0 Å². The maximum atomic E-state index is 3.66. The van der Waals surface area contributed by atoms with Crippen LogP contribution in [0.2, 0.25) is 0 Å². The van der Waals surface area contributed by atoms with Crippen molar-refractivity contribution in [1.29, 1.82) is 0 Å². The van der Waals surface area contributed by atoms with E-state index in [2.05, 4.69) is 41.7 Å². The van der Waals surface area contributed by atoms with Crippen molar-refractivity contribution in [3.8, 4) is 0 Å². The molecule has 0 aromatic heterocycles. The van der Waals surface area contributed by atoms with E-state index in [-0.39, 0.29) is 0 Å². The minimum Gasteiger partial charge on any atom is -0.303 e. The summed E-state index contributed by atoms with van der Waals surface area (Å²) in [7, 11) is 2.28. The van der Waals surface area contributed by atoms with Crippen molar-refractivity contribution < 1.29 is 0 Å². The minimum absolute atomic E-state index is 0.511. The molecule has 0 saturated heterocycles. The molecule has 1 fully saturated rings. The van der Waals surface area contributed by atoms with Crippen LogP contribution >= 0.6 is 15.9 Å². The molecule has 13 heavy (non-hydrogen) atoms. The standard InChI is InChI=1S/C11H22BrN/c1-4-11(5-2,8-12)9-13(3)10-6-7-10/h10H,4-9H2,1-3H3. The lowest BCUT2D eigenvalue weighted by Crippen LogP contribution is -2.37. The number of nitrogens with zero attached hydrogens (tertiary/aromatic N) is 1. The van der Waals surface area contributed by atoms with Gasteiger partial charge in [-0.15, -0.1) is 0 Å². The van der Waals surface area contributed by atoms with Gasteiger partial charge in [0.25, 0.3) is 0 Å². The van der Waals surface area contributed by atoms with E-state index in [1.165, 1.54) is 32.2 Å². The lowest BCUT2D eigenvalue weighted by Gasteiger charge is -2.34. The van der Waals surface area contributed by atoms with Gasteiger partial charge in [-0.3, -0.25) is 0 Å². The summed E-state index contributed by atoms with van der Waals surface area (Å²) in [5.41, 5.74) is 0.511. The highest BCUT2D eigenvalue weighted by Gasteiger charge is 2.32. The zero-order chi connectivity index (χ0) is 9.90. The van der Waals surface area contributed by atoms with Crippen molar-refractivity contribution in [1.82, 2.24) is 4.90 Å². The Morgan fingerprint density at radius 3 is 2.15 bits per heavy atom. The number of hydrogen-bond donors (Lipinski definition) is 0. The normalized spacial score (nSPS) is 18.2. The van der Waals surface area contributed by atoms with E-state index in [0.29, 0.717) is 5.41 Å². The number of alkyl halides is 1.